The lowest BCUT2D eigenvalue weighted by Crippen LogP contribution is -2.06. The average molecular weight is 379 g/mol. The van der Waals surface area contributed by atoms with Crippen LogP contribution in [0.15, 0.2) is 51.7 Å². The van der Waals surface area contributed by atoms with Crippen LogP contribution in [0, 0.1) is 0 Å². The van der Waals surface area contributed by atoms with Gasteiger partial charge in [-0.3, -0.25) is 0 Å². The van der Waals surface area contributed by atoms with Gasteiger partial charge in [0.05, 0.1) is 10.9 Å². The van der Waals surface area contributed by atoms with Crippen LogP contribution in [0.3, 0.4) is 0 Å². The first kappa shape index (κ1) is 20.1. The SMILES string of the molecule is CCCCCCCCc1ccc2nc(Nc3cccc(CC)c3)oc(=O)c2c1. The molecule has 1 N–H and O–H groups in total. The molecule has 0 unspecified atom stereocenters. The van der Waals surface area contributed by atoms with Crippen molar-refractivity contribution < 1.29 is 4.42 Å². The van der Waals surface area contributed by atoms with E-state index in [1.54, 1.807) is 0 Å². The lowest BCUT2D eigenvalue weighted by Gasteiger charge is -2.07. The van der Waals surface area contributed by atoms with Crippen LogP contribution in [0.1, 0.15) is 63.5 Å². The molecule has 28 heavy (non-hydrogen) atoms. The van der Waals surface area contributed by atoms with Crippen LogP contribution in [0.4, 0.5) is 11.7 Å². The van der Waals surface area contributed by atoms with Gasteiger partial charge in [-0.15, -0.1) is 0 Å². The molecule has 0 amide bonds. The number of hydrogen-bond acceptors (Lipinski definition) is 4. The predicted molar refractivity (Wildman–Crippen MR) is 116 cm³/mol. The molecular formula is C24H30N2O2. The minimum absolute atomic E-state index is 0.231. The van der Waals surface area contributed by atoms with Gasteiger partial charge in [0.15, 0.2) is 0 Å². The summed E-state index contributed by atoms with van der Waals surface area (Å²) in [6.07, 6.45) is 9.54. The zero-order chi connectivity index (χ0) is 19.8. The maximum Gasteiger partial charge on any atom is 0.348 e. The van der Waals surface area contributed by atoms with Crippen molar-refractivity contribution in [2.24, 2.45) is 0 Å². The van der Waals surface area contributed by atoms with E-state index in [0.29, 0.717) is 10.9 Å². The third kappa shape index (κ3) is 5.44. The van der Waals surface area contributed by atoms with E-state index in [0.717, 1.165) is 24.9 Å². The third-order valence-electron chi connectivity index (χ3n) is 5.10. The van der Waals surface area contributed by atoms with Crippen molar-refractivity contribution in [1.29, 1.82) is 0 Å². The van der Waals surface area contributed by atoms with Gasteiger partial charge in [0.2, 0.25) is 0 Å². The summed E-state index contributed by atoms with van der Waals surface area (Å²) in [4.78, 5) is 16.9. The number of aromatic nitrogens is 1. The molecule has 0 saturated carbocycles. The lowest BCUT2D eigenvalue weighted by molar-refractivity contribution is 0.522. The first-order valence-corrected chi connectivity index (χ1v) is 10.5. The molecule has 0 radical (unpaired) electrons. The minimum Gasteiger partial charge on any atom is -0.388 e. The Morgan fingerprint density at radius 3 is 2.57 bits per heavy atom. The molecule has 0 atom stereocenters. The molecule has 4 heteroatoms. The van der Waals surface area contributed by atoms with Crippen molar-refractivity contribution in [3.63, 3.8) is 0 Å². The van der Waals surface area contributed by atoms with Gasteiger partial charge in [0.25, 0.3) is 0 Å². The normalized spacial score (nSPS) is 11.1. The number of unbranched alkanes of at least 4 members (excludes halogenated alkanes) is 5. The Kier molecular flexibility index (Phi) is 7.24. The molecule has 3 aromatic rings. The molecule has 1 heterocycles. The Balaban J connectivity index is 1.69. The van der Waals surface area contributed by atoms with Gasteiger partial charge in [-0.05, 0) is 54.7 Å². The molecule has 0 aliphatic carbocycles. The maximum atomic E-state index is 12.5. The van der Waals surface area contributed by atoms with E-state index in [-0.39, 0.29) is 11.6 Å². The second kappa shape index (κ2) is 10.1. The van der Waals surface area contributed by atoms with Crippen LogP contribution in [-0.2, 0) is 12.8 Å². The summed E-state index contributed by atoms with van der Waals surface area (Å²) in [5.41, 5.74) is 3.58. The smallest absolute Gasteiger partial charge is 0.348 e. The van der Waals surface area contributed by atoms with Gasteiger partial charge in [0, 0.05) is 5.69 Å². The van der Waals surface area contributed by atoms with E-state index in [2.05, 4.69) is 36.3 Å². The summed E-state index contributed by atoms with van der Waals surface area (Å²) in [5, 5.41) is 3.66. The Labute approximate surface area is 167 Å². The number of rotatable bonds is 10. The van der Waals surface area contributed by atoms with Crippen LogP contribution in [-0.4, -0.2) is 4.98 Å². The fourth-order valence-corrected chi connectivity index (χ4v) is 3.43. The summed E-state index contributed by atoms with van der Waals surface area (Å²) >= 11 is 0. The first-order chi connectivity index (χ1) is 13.7. The van der Waals surface area contributed by atoms with E-state index in [1.807, 2.05) is 30.3 Å². The van der Waals surface area contributed by atoms with E-state index < -0.39 is 0 Å². The van der Waals surface area contributed by atoms with Gasteiger partial charge in [-0.2, -0.15) is 4.98 Å². The highest BCUT2D eigenvalue weighted by Crippen LogP contribution is 2.19. The van der Waals surface area contributed by atoms with E-state index in [1.165, 1.54) is 43.2 Å². The van der Waals surface area contributed by atoms with Crippen LogP contribution in [0.2, 0.25) is 0 Å². The molecule has 148 valence electrons. The van der Waals surface area contributed by atoms with Gasteiger partial charge >= 0.3 is 11.6 Å². The second-order valence-corrected chi connectivity index (χ2v) is 7.35. The number of aryl methyl sites for hydroxylation is 2. The van der Waals surface area contributed by atoms with Crippen LogP contribution in [0.5, 0.6) is 0 Å². The van der Waals surface area contributed by atoms with Crippen LogP contribution >= 0.6 is 0 Å². The van der Waals surface area contributed by atoms with Gasteiger partial charge in [-0.25, -0.2) is 4.79 Å². The third-order valence-corrected chi connectivity index (χ3v) is 5.10. The van der Waals surface area contributed by atoms with E-state index in [4.69, 9.17) is 4.42 Å². The summed E-state index contributed by atoms with van der Waals surface area (Å²) in [6, 6.07) is 14.2. The molecule has 4 nitrogen and oxygen atoms in total. The molecule has 0 saturated heterocycles. The van der Waals surface area contributed by atoms with E-state index in [9.17, 15) is 4.79 Å². The number of anilines is 2. The molecule has 3 rings (SSSR count). The molecule has 1 aromatic heterocycles. The molecular weight excluding hydrogens is 348 g/mol. The van der Waals surface area contributed by atoms with E-state index >= 15 is 0 Å². The van der Waals surface area contributed by atoms with Crippen LogP contribution < -0.4 is 10.9 Å². The number of nitrogens with one attached hydrogen (secondary N) is 1. The average Bonchev–Trinajstić information content (AvgIpc) is 2.71. The quantitative estimate of drug-likeness (QED) is 0.415. The van der Waals surface area contributed by atoms with Gasteiger partial charge in [0.1, 0.15) is 0 Å². The summed E-state index contributed by atoms with van der Waals surface area (Å²) in [5.74, 6) is 0. The fraction of sp³-hybridized carbons (Fsp3) is 0.417. The minimum atomic E-state index is -0.344. The Morgan fingerprint density at radius 1 is 0.929 bits per heavy atom. The highest BCUT2D eigenvalue weighted by atomic mass is 16.4. The Hall–Kier alpha value is -2.62. The molecule has 0 bridgehead atoms. The molecule has 0 aliphatic heterocycles. The summed E-state index contributed by atoms with van der Waals surface area (Å²) in [7, 11) is 0. The Bertz CT molecular complexity index is 962. The second-order valence-electron chi connectivity index (χ2n) is 7.35. The zero-order valence-electron chi connectivity index (χ0n) is 17.0. The van der Waals surface area contributed by atoms with Crippen molar-refractivity contribution in [3.05, 3.63) is 64.0 Å². The summed E-state index contributed by atoms with van der Waals surface area (Å²) in [6.45, 7) is 4.34. The van der Waals surface area contributed by atoms with Crippen molar-refractivity contribution in [2.45, 2.75) is 65.2 Å². The van der Waals surface area contributed by atoms with Gasteiger partial charge in [-0.1, -0.05) is 64.2 Å². The van der Waals surface area contributed by atoms with Crippen molar-refractivity contribution in [2.75, 3.05) is 5.32 Å². The number of fused-ring (bicyclic) bond motifs is 1. The topological polar surface area (TPSA) is 55.1 Å². The maximum absolute atomic E-state index is 12.5. The molecule has 0 aliphatic rings. The monoisotopic (exact) mass is 378 g/mol. The largest absolute Gasteiger partial charge is 0.388 e. The first-order valence-electron chi connectivity index (χ1n) is 10.5. The lowest BCUT2D eigenvalue weighted by atomic mass is 10.0. The number of nitrogens with zero attached hydrogens (tertiary/aromatic N) is 1. The van der Waals surface area contributed by atoms with Crippen molar-refractivity contribution >= 4 is 22.6 Å². The zero-order valence-corrected chi connectivity index (χ0v) is 17.0. The van der Waals surface area contributed by atoms with Crippen LogP contribution in [0.25, 0.3) is 10.9 Å². The fourth-order valence-electron chi connectivity index (χ4n) is 3.43. The number of hydrogen-bond donors (Lipinski definition) is 1. The number of benzene rings is 2. The molecule has 2 aromatic carbocycles. The molecule has 0 spiro atoms. The highest BCUT2D eigenvalue weighted by Gasteiger charge is 2.08. The van der Waals surface area contributed by atoms with Gasteiger partial charge < -0.3 is 9.73 Å². The highest BCUT2D eigenvalue weighted by molar-refractivity contribution is 5.79. The van der Waals surface area contributed by atoms with Crippen molar-refractivity contribution in [1.82, 2.24) is 4.98 Å². The predicted octanol–water partition coefficient (Wildman–Crippen LogP) is 6.40. The van der Waals surface area contributed by atoms with Crippen molar-refractivity contribution in [3.8, 4) is 0 Å². The Morgan fingerprint density at radius 2 is 1.75 bits per heavy atom. The molecule has 0 fully saturated rings. The summed E-state index contributed by atoms with van der Waals surface area (Å²) < 4.78 is 5.42. The standard InChI is InChI=1S/C24H30N2O2/c1-3-5-6-7-8-9-11-19-14-15-22-21(17-19)23(27)28-24(26-22)25-20-13-10-12-18(4-2)16-20/h10,12-17H,3-9,11H2,1-2H3,(H,25,26).